The van der Waals surface area contributed by atoms with Crippen LogP contribution >= 0.6 is 0 Å². The molecule has 66 heavy (non-hydrogen) atoms. The van der Waals surface area contributed by atoms with Gasteiger partial charge in [-0.15, -0.1) is 13.2 Å². The summed E-state index contributed by atoms with van der Waals surface area (Å²) >= 11 is 0. The van der Waals surface area contributed by atoms with Crippen LogP contribution in [0.1, 0.15) is 52.4 Å². The van der Waals surface area contributed by atoms with E-state index in [0.29, 0.717) is 5.69 Å². The Bertz CT molecular complexity index is 3020. The van der Waals surface area contributed by atoms with Crippen molar-refractivity contribution in [1.82, 2.24) is 44.6 Å². The molecule has 0 spiro atoms. The first kappa shape index (κ1) is 47.1. The molecule has 6 aromatic heterocycles. The fourth-order valence-corrected chi connectivity index (χ4v) is 5.99. The van der Waals surface area contributed by atoms with E-state index in [1.807, 2.05) is 0 Å². The van der Waals surface area contributed by atoms with Crippen molar-refractivity contribution in [1.29, 1.82) is 0 Å². The van der Waals surface area contributed by atoms with Gasteiger partial charge in [0.15, 0.2) is 17.1 Å². The molecular weight excluding hydrogens is 880 g/mol. The van der Waals surface area contributed by atoms with Crippen molar-refractivity contribution in [2.24, 2.45) is 10.8 Å². The third kappa shape index (κ3) is 11.6. The number of anilines is 2. The molecule has 340 valence electrons. The van der Waals surface area contributed by atoms with Crippen LogP contribution in [0.15, 0.2) is 121 Å². The molecule has 0 bridgehead atoms. The molecule has 0 radical (unpaired) electrons. The molecule has 0 aliphatic carbocycles. The third-order valence-electron chi connectivity index (χ3n) is 8.60. The Morgan fingerprint density at radius 1 is 0.788 bits per heavy atom. The van der Waals surface area contributed by atoms with Gasteiger partial charge in [-0.2, -0.15) is 23.4 Å². The van der Waals surface area contributed by atoms with E-state index in [9.17, 15) is 40.3 Å². The monoisotopic (exact) mass is 915 g/mol. The lowest BCUT2D eigenvalue weighted by atomic mass is 10.0. The second-order valence-corrected chi connectivity index (χ2v) is 13.6. The molecule has 2 aromatic carbocycles. The lowest BCUT2D eigenvalue weighted by Gasteiger charge is -2.13. The zero-order valence-corrected chi connectivity index (χ0v) is 34.7. The van der Waals surface area contributed by atoms with Crippen LogP contribution in [0.4, 0.5) is 47.9 Å². The number of nitrogens with one attached hydrogen (secondary N) is 3. The summed E-state index contributed by atoms with van der Waals surface area (Å²) in [7, 11) is 0. The number of benzene rings is 2. The van der Waals surface area contributed by atoms with Gasteiger partial charge >= 0.3 is 12.5 Å². The third-order valence-corrected chi connectivity index (χ3v) is 8.60. The number of hydrogen-bond acceptors (Lipinski definition) is 11. The summed E-state index contributed by atoms with van der Waals surface area (Å²) in [5.74, 6) is 3.15. The maximum atomic E-state index is 13.4. The number of alkyl halides is 6. The second-order valence-electron chi connectivity index (χ2n) is 13.6. The zero-order valence-electron chi connectivity index (χ0n) is 34.7. The number of nitrogens with zero attached hydrogens (tertiary/aromatic N) is 9. The number of aromatic nitrogens is 8. The minimum atomic E-state index is -4.86. The van der Waals surface area contributed by atoms with E-state index in [0.717, 1.165) is 18.3 Å². The largest absolute Gasteiger partial charge is 0.573 e. The van der Waals surface area contributed by atoms with Gasteiger partial charge in [-0.25, -0.2) is 39.2 Å². The lowest BCUT2D eigenvalue weighted by molar-refractivity contribution is -0.274. The minimum absolute atomic E-state index is 0.0387. The summed E-state index contributed by atoms with van der Waals surface area (Å²) in [5, 5.41) is 13.4. The van der Waals surface area contributed by atoms with Gasteiger partial charge in [-0.05, 0) is 49.4 Å². The summed E-state index contributed by atoms with van der Waals surface area (Å²) in [6.45, 7) is 5.82. The van der Waals surface area contributed by atoms with Crippen LogP contribution in [0.5, 0.6) is 5.75 Å². The molecule has 0 atom stereocenters. The van der Waals surface area contributed by atoms with Crippen LogP contribution < -0.4 is 26.6 Å². The number of para-hydroxylation sites is 1. The van der Waals surface area contributed by atoms with Crippen molar-refractivity contribution >= 4 is 46.6 Å². The summed E-state index contributed by atoms with van der Waals surface area (Å²) in [6, 6.07) is 19.3. The SMILES string of the molecule is CCC.Cc1nn2ccc(-c3ccccc3C(F)(F)F)nc2c1C(=O)Nc1cncc(F)c1.NN/C=N/c1cccc(C(=O)Nc2cnn3ccc(-c4ccccc4OC(F)(F)F)nc23)n1. The van der Waals surface area contributed by atoms with Crippen LogP contribution in [0.3, 0.4) is 0 Å². The Morgan fingerprint density at radius 2 is 1.45 bits per heavy atom. The predicted octanol–water partition coefficient (Wildman–Crippen LogP) is 8.99. The average Bonchev–Trinajstić information content (AvgIpc) is 3.84. The second kappa shape index (κ2) is 20.4. The molecular formula is C43H36F7N13O3. The summed E-state index contributed by atoms with van der Waals surface area (Å²) in [4.78, 5) is 45.8. The number of hydrazine groups is 1. The van der Waals surface area contributed by atoms with E-state index in [1.54, 1.807) is 25.1 Å². The van der Waals surface area contributed by atoms with Gasteiger partial charge in [0.1, 0.15) is 34.9 Å². The Balaban J connectivity index is 0.000000207. The number of nitrogens with two attached hydrogens (primary N) is 1. The van der Waals surface area contributed by atoms with E-state index in [2.05, 4.69) is 69.8 Å². The van der Waals surface area contributed by atoms with Crippen molar-refractivity contribution in [3.63, 3.8) is 0 Å². The van der Waals surface area contributed by atoms with E-state index in [-0.39, 0.29) is 62.3 Å². The van der Waals surface area contributed by atoms with Crippen LogP contribution in [-0.2, 0) is 6.18 Å². The van der Waals surface area contributed by atoms with E-state index in [1.165, 1.54) is 101 Å². The fourth-order valence-electron chi connectivity index (χ4n) is 5.99. The van der Waals surface area contributed by atoms with Crippen molar-refractivity contribution in [3.8, 4) is 28.3 Å². The maximum absolute atomic E-state index is 13.4. The molecule has 0 aliphatic rings. The number of carbonyl (C=O) groups is 2. The molecule has 8 rings (SSSR count). The van der Waals surface area contributed by atoms with Crippen LogP contribution in [-0.4, -0.2) is 63.7 Å². The van der Waals surface area contributed by atoms with Crippen molar-refractivity contribution in [2.45, 2.75) is 39.7 Å². The highest BCUT2D eigenvalue weighted by atomic mass is 19.4. The number of rotatable bonds is 9. The van der Waals surface area contributed by atoms with E-state index in [4.69, 9.17) is 5.84 Å². The summed E-state index contributed by atoms with van der Waals surface area (Å²) in [6.07, 6.45) is -0.414. The Morgan fingerprint density at radius 3 is 2.15 bits per heavy atom. The molecule has 2 amide bonds. The number of halogens is 7. The normalized spacial score (nSPS) is 11.4. The predicted molar refractivity (Wildman–Crippen MR) is 229 cm³/mol. The molecule has 0 saturated heterocycles. The number of carbonyl (C=O) groups excluding carboxylic acids is 2. The van der Waals surface area contributed by atoms with Gasteiger partial charge in [0.2, 0.25) is 0 Å². The van der Waals surface area contributed by atoms with Gasteiger partial charge < -0.3 is 20.8 Å². The van der Waals surface area contributed by atoms with Gasteiger partial charge in [0, 0.05) is 29.6 Å². The van der Waals surface area contributed by atoms with Gasteiger partial charge in [0.25, 0.3) is 11.8 Å². The van der Waals surface area contributed by atoms with Gasteiger partial charge in [0.05, 0.1) is 46.9 Å². The molecule has 6 heterocycles. The Labute approximate surface area is 369 Å². The fraction of sp³-hybridized carbons (Fsp3) is 0.140. The highest BCUT2D eigenvalue weighted by molar-refractivity contribution is 6.09. The highest BCUT2D eigenvalue weighted by Gasteiger charge is 2.34. The average molecular weight is 916 g/mol. The Hall–Kier alpha value is -8.34. The van der Waals surface area contributed by atoms with Crippen LogP contribution in [0.2, 0.25) is 0 Å². The number of amides is 2. The zero-order chi connectivity index (χ0) is 47.6. The number of aliphatic imine (C=N–C) groups is 1. The quantitative estimate of drug-likeness (QED) is 0.0354. The topological polar surface area (TPSA) is 204 Å². The van der Waals surface area contributed by atoms with Crippen molar-refractivity contribution in [3.05, 3.63) is 144 Å². The number of aryl methyl sites for hydroxylation is 1. The van der Waals surface area contributed by atoms with Crippen molar-refractivity contribution < 1.29 is 45.1 Å². The molecule has 0 saturated carbocycles. The number of fused-ring (bicyclic) bond motifs is 2. The van der Waals surface area contributed by atoms with Gasteiger partial charge in [-0.3, -0.25) is 14.6 Å². The Kier molecular flexibility index (Phi) is 14.6. The van der Waals surface area contributed by atoms with Gasteiger partial charge in [-0.1, -0.05) is 56.7 Å². The first-order valence-corrected chi connectivity index (χ1v) is 19.4. The van der Waals surface area contributed by atoms with E-state index < -0.39 is 41.5 Å². The van der Waals surface area contributed by atoms with Crippen molar-refractivity contribution in [2.75, 3.05) is 10.6 Å². The number of ether oxygens (including phenoxy) is 1. The number of pyridine rings is 2. The molecule has 5 N–H and O–H groups in total. The maximum Gasteiger partial charge on any atom is 0.573 e. The number of hydrogen-bond donors (Lipinski definition) is 4. The summed E-state index contributed by atoms with van der Waals surface area (Å²) < 4.78 is 98.6. The summed E-state index contributed by atoms with van der Waals surface area (Å²) in [5.41, 5.74) is 2.72. The standard InChI is InChI=1S/C20H13F4N5O.C20H15F3N8O2.C3H8/c1-11-17(19(30)26-13-8-12(21)9-25-10-13)18-27-16(6-7-29(18)28-11)14-4-2-3-5-15(14)20(22,23)24;21-20(22,23)33-16-6-2-1-4-12(16)13-8-9-31-18(29-13)15(10-27-31)30-19(32)14-5-3-7-17(28-14)25-11-26-24;1-3-2/h2-10H,1H3,(H,26,30);1-11H,24H2,(H,30,32)(H,25,26,28);3H2,1-2H3. The van der Waals surface area contributed by atoms with Crippen LogP contribution in [0, 0.1) is 12.7 Å². The lowest BCUT2D eigenvalue weighted by Crippen LogP contribution is -2.18. The molecule has 0 fully saturated rings. The first-order valence-electron chi connectivity index (χ1n) is 19.4. The molecule has 8 aromatic rings. The highest BCUT2D eigenvalue weighted by Crippen LogP contribution is 2.37. The van der Waals surface area contributed by atoms with Crippen LogP contribution in [0.25, 0.3) is 33.8 Å². The minimum Gasteiger partial charge on any atom is -0.405 e. The molecule has 23 heteroatoms. The smallest absolute Gasteiger partial charge is 0.405 e. The molecule has 0 unspecified atom stereocenters. The molecule has 16 nitrogen and oxygen atoms in total. The van der Waals surface area contributed by atoms with E-state index >= 15 is 0 Å². The first-order chi connectivity index (χ1) is 31.5. The molecule has 0 aliphatic heterocycles.